The maximum atomic E-state index is 13.1. The summed E-state index contributed by atoms with van der Waals surface area (Å²) in [6.07, 6.45) is 0.626. The monoisotopic (exact) mass is 290 g/mol. The second-order valence-corrected chi connectivity index (χ2v) is 4.47. The highest BCUT2D eigenvalue weighted by Crippen LogP contribution is 2.15. The lowest BCUT2D eigenvalue weighted by Crippen LogP contribution is -2.38. The van der Waals surface area contributed by atoms with Crippen LogP contribution in [0.3, 0.4) is 0 Å². The van der Waals surface area contributed by atoms with Crippen LogP contribution in [0.2, 0.25) is 0 Å². The molecule has 0 aromatic heterocycles. The number of nitrogens with zero attached hydrogens (tertiary/aromatic N) is 1. The van der Waals surface area contributed by atoms with Crippen molar-refractivity contribution >= 4 is 23.1 Å². The third-order valence-corrected chi connectivity index (χ3v) is 2.49. The van der Waals surface area contributed by atoms with Gasteiger partial charge in [-0.1, -0.05) is 19.1 Å². The molecular formula is C12H13F3N2OS. The van der Waals surface area contributed by atoms with E-state index in [1.807, 2.05) is 6.92 Å². The summed E-state index contributed by atoms with van der Waals surface area (Å²) >= 11 is 4.70. The molecule has 3 nitrogen and oxygen atoms in total. The zero-order valence-corrected chi connectivity index (χ0v) is 11.1. The van der Waals surface area contributed by atoms with Crippen LogP contribution in [-0.2, 0) is 0 Å². The fourth-order valence-corrected chi connectivity index (χ4v) is 1.73. The lowest BCUT2D eigenvalue weighted by atomic mass is 10.1. The van der Waals surface area contributed by atoms with Gasteiger partial charge in [-0.3, -0.25) is 4.79 Å². The van der Waals surface area contributed by atoms with Gasteiger partial charge in [-0.2, -0.15) is 0 Å². The zero-order valence-electron chi connectivity index (χ0n) is 10.3. The van der Waals surface area contributed by atoms with E-state index in [2.05, 4.69) is 0 Å². The van der Waals surface area contributed by atoms with Crippen LogP contribution in [0.5, 0.6) is 0 Å². The van der Waals surface area contributed by atoms with Gasteiger partial charge in [-0.15, -0.1) is 0 Å². The van der Waals surface area contributed by atoms with Crippen molar-refractivity contribution in [1.82, 2.24) is 4.90 Å². The zero-order chi connectivity index (χ0) is 14.6. The molecule has 0 fully saturated rings. The van der Waals surface area contributed by atoms with E-state index in [0.29, 0.717) is 25.1 Å². The van der Waals surface area contributed by atoms with E-state index < -0.39 is 23.4 Å². The highest BCUT2D eigenvalue weighted by molar-refractivity contribution is 7.80. The molecule has 104 valence electrons. The first-order valence-electron chi connectivity index (χ1n) is 5.59. The van der Waals surface area contributed by atoms with E-state index in [1.165, 1.54) is 4.90 Å². The summed E-state index contributed by atoms with van der Waals surface area (Å²) < 4.78 is 39.0. The Morgan fingerprint density at radius 3 is 2.26 bits per heavy atom. The maximum Gasteiger partial charge on any atom is 0.254 e. The number of amides is 1. The number of hydrogen-bond acceptors (Lipinski definition) is 2. The predicted molar refractivity (Wildman–Crippen MR) is 69.3 cm³/mol. The molecule has 0 unspecified atom stereocenters. The molecule has 0 spiro atoms. The van der Waals surface area contributed by atoms with Crippen molar-refractivity contribution in [2.75, 3.05) is 13.1 Å². The van der Waals surface area contributed by atoms with Gasteiger partial charge in [0.1, 0.15) is 0 Å². The lowest BCUT2D eigenvalue weighted by molar-refractivity contribution is 0.0778. The average molecular weight is 290 g/mol. The number of nitrogens with two attached hydrogens (primary N) is 1. The highest BCUT2D eigenvalue weighted by Gasteiger charge is 2.20. The van der Waals surface area contributed by atoms with Crippen molar-refractivity contribution in [1.29, 1.82) is 0 Å². The minimum atomic E-state index is -1.60. The molecule has 0 bridgehead atoms. The Morgan fingerprint density at radius 1 is 1.32 bits per heavy atom. The fourth-order valence-electron chi connectivity index (χ4n) is 1.57. The van der Waals surface area contributed by atoms with E-state index in [9.17, 15) is 18.0 Å². The molecule has 0 aliphatic heterocycles. The number of hydrogen-bond donors (Lipinski definition) is 1. The summed E-state index contributed by atoms with van der Waals surface area (Å²) in [7, 11) is 0. The van der Waals surface area contributed by atoms with Gasteiger partial charge in [-0.25, -0.2) is 13.2 Å². The summed E-state index contributed by atoms with van der Waals surface area (Å²) in [5, 5.41) is 0. The SMILES string of the molecule is CCCN(CC(N)=S)C(=O)c1cc(F)c(F)c(F)c1. The second kappa shape index (κ2) is 6.51. The summed E-state index contributed by atoms with van der Waals surface area (Å²) in [6, 6.07) is 1.31. The predicted octanol–water partition coefficient (Wildman–Crippen LogP) is 2.24. The standard InChI is InChI=1S/C12H13F3N2OS/c1-2-3-17(6-10(16)19)12(18)7-4-8(13)11(15)9(14)5-7/h4-5H,2-3,6H2,1H3,(H2,16,19). The molecule has 0 radical (unpaired) electrons. The molecule has 0 aliphatic carbocycles. The van der Waals surface area contributed by atoms with E-state index in [1.54, 1.807) is 0 Å². The van der Waals surface area contributed by atoms with Crippen LogP contribution in [0.4, 0.5) is 13.2 Å². The van der Waals surface area contributed by atoms with Crippen LogP contribution in [0.25, 0.3) is 0 Å². The Balaban J connectivity index is 3.05. The van der Waals surface area contributed by atoms with E-state index >= 15 is 0 Å². The Labute approximate surface area is 114 Å². The third kappa shape index (κ3) is 3.92. The van der Waals surface area contributed by atoms with Crippen molar-refractivity contribution < 1.29 is 18.0 Å². The van der Waals surface area contributed by atoms with Crippen LogP contribution in [0, 0.1) is 17.5 Å². The number of benzene rings is 1. The van der Waals surface area contributed by atoms with Crippen molar-refractivity contribution in [2.24, 2.45) is 5.73 Å². The molecule has 1 aromatic carbocycles. The molecule has 1 rings (SSSR count). The summed E-state index contributed by atoms with van der Waals surface area (Å²) in [5.74, 6) is -5.06. The first-order valence-corrected chi connectivity index (χ1v) is 5.99. The molecule has 0 saturated carbocycles. The molecule has 0 saturated heterocycles. The van der Waals surface area contributed by atoms with Crippen molar-refractivity contribution in [3.8, 4) is 0 Å². The number of thiocarbonyl (C=S) groups is 1. The van der Waals surface area contributed by atoms with E-state index in [4.69, 9.17) is 18.0 Å². The summed E-state index contributed by atoms with van der Waals surface area (Å²) in [6.45, 7) is 2.16. The van der Waals surface area contributed by atoms with Crippen LogP contribution >= 0.6 is 12.2 Å². The third-order valence-electron chi connectivity index (χ3n) is 2.36. The van der Waals surface area contributed by atoms with Crippen LogP contribution in [0.15, 0.2) is 12.1 Å². The van der Waals surface area contributed by atoms with Gasteiger partial charge in [0, 0.05) is 12.1 Å². The topological polar surface area (TPSA) is 46.3 Å². The second-order valence-electron chi connectivity index (χ2n) is 3.95. The van der Waals surface area contributed by atoms with Gasteiger partial charge in [0.15, 0.2) is 17.5 Å². The van der Waals surface area contributed by atoms with Crippen molar-refractivity contribution in [2.45, 2.75) is 13.3 Å². The summed E-state index contributed by atoms with van der Waals surface area (Å²) in [4.78, 5) is 13.4. The molecule has 2 N–H and O–H groups in total. The minimum absolute atomic E-state index is 0.00260. The molecule has 0 heterocycles. The summed E-state index contributed by atoms with van der Waals surface area (Å²) in [5.41, 5.74) is 5.08. The van der Waals surface area contributed by atoms with Gasteiger partial charge in [-0.05, 0) is 18.6 Å². The largest absolute Gasteiger partial charge is 0.392 e. The van der Waals surface area contributed by atoms with Crippen LogP contribution in [0.1, 0.15) is 23.7 Å². The normalized spacial score (nSPS) is 10.3. The Kier molecular flexibility index (Phi) is 5.29. The number of carbonyl (C=O) groups is 1. The van der Waals surface area contributed by atoms with Gasteiger partial charge >= 0.3 is 0 Å². The number of rotatable bonds is 5. The molecule has 7 heteroatoms. The first-order chi connectivity index (χ1) is 8.86. The maximum absolute atomic E-state index is 13.1. The fraction of sp³-hybridized carbons (Fsp3) is 0.333. The smallest absolute Gasteiger partial charge is 0.254 e. The van der Waals surface area contributed by atoms with Crippen LogP contribution in [-0.4, -0.2) is 28.9 Å². The quantitative estimate of drug-likeness (QED) is 0.668. The van der Waals surface area contributed by atoms with Gasteiger partial charge in [0.25, 0.3) is 5.91 Å². The van der Waals surface area contributed by atoms with E-state index in [-0.39, 0.29) is 17.1 Å². The molecule has 19 heavy (non-hydrogen) atoms. The lowest BCUT2D eigenvalue weighted by Gasteiger charge is -2.21. The van der Waals surface area contributed by atoms with Gasteiger partial charge in [0.2, 0.25) is 0 Å². The first kappa shape index (κ1) is 15.4. The van der Waals surface area contributed by atoms with Gasteiger partial charge in [0.05, 0.1) is 11.5 Å². The molecular weight excluding hydrogens is 277 g/mol. The van der Waals surface area contributed by atoms with E-state index in [0.717, 1.165) is 0 Å². The molecule has 0 atom stereocenters. The Morgan fingerprint density at radius 2 is 1.84 bits per heavy atom. The number of halogens is 3. The Bertz CT molecular complexity index is 485. The molecule has 0 aliphatic rings. The average Bonchev–Trinajstić information content (AvgIpc) is 2.33. The molecule has 1 amide bonds. The van der Waals surface area contributed by atoms with Crippen molar-refractivity contribution in [3.05, 3.63) is 35.1 Å². The Hall–Kier alpha value is -1.63. The van der Waals surface area contributed by atoms with Gasteiger partial charge < -0.3 is 10.6 Å². The molecule has 1 aromatic rings. The van der Waals surface area contributed by atoms with Crippen LogP contribution < -0.4 is 5.73 Å². The number of carbonyl (C=O) groups excluding carboxylic acids is 1. The minimum Gasteiger partial charge on any atom is -0.392 e. The van der Waals surface area contributed by atoms with Crippen molar-refractivity contribution in [3.63, 3.8) is 0 Å². The highest BCUT2D eigenvalue weighted by atomic mass is 32.1.